The summed E-state index contributed by atoms with van der Waals surface area (Å²) in [5.41, 5.74) is 0.657. The molecule has 15 heteroatoms. The average molecular weight is 429 g/mol. The number of benzene rings is 1. The van der Waals surface area contributed by atoms with Gasteiger partial charge in [-0.2, -0.15) is 57.1 Å². The van der Waals surface area contributed by atoms with Crippen LogP contribution in [0.1, 0.15) is 5.56 Å². The highest BCUT2D eigenvalue weighted by molar-refractivity contribution is 5.50. The molecule has 0 aliphatic rings. The van der Waals surface area contributed by atoms with E-state index in [0.717, 1.165) is 0 Å². The quantitative estimate of drug-likeness (QED) is 0.479. The second-order valence-electron chi connectivity index (χ2n) is 5.10. The topological polar surface area (TPSA) is 26.0 Å². The molecule has 0 radical (unpaired) electrons. The first-order valence-electron chi connectivity index (χ1n) is 6.17. The van der Waals surface area contributed by atoms with Crippen molar-refractivity contribution in [3.8, 4) is 0 Å². The summed E-state index contributed by atoms with van der Waals surface area (Å²) >= 11 is 0. The third-order valence-electron chi connectivity index (χ3n) is 3.29. The van der Waals surface area contributed by atoms with Crippen molar-refractivity contribution in [3.63, 3.8) is 0 Å². The third kappa shape index (κ3) is 3.03. The van der Waals surface area contributed by atoms with Crippen LogP contribution in [0, 0.1) is 5.82 Å². The molecule has 1 rings (SSSR count). The van der Waals surface area contributed by atoms with E-state index in [1.54, 1.807) is 0 Å². The van der Waals surface area contributed by atoms with Crippen molar-refractivity contribution in [1.29, 1.82) is 0 Å². The molecule has 0 aliphatic carbocycles. The Morgan fingerprint density at radius 2 is 1.00 bits per heavy atom. The molecule has 0 heterocycles. The van der Waals surface area contributed by atoms with Crippen molar-refractivity contribution in [2.24, 2.45) is 0 Å². The predicted octanol–water partition coefficient (Wildman–Crippen LogP) is 5.60. The molecule has 0 aliphatic heterocycles. The molecule has 1 nitrogen and oxygen atoms in total. The Kier molecular flexibility index (Phi) is 5.15. The lowest BCUT2D eigenvalue weighted by molar-refractivity contribution is -0.441. The van der Waals surface area contributed by atoms with Crippen LogP contribution in [0.3, 0.4) is 0 Å². The Balaban J connectivity index is 3.66. The van der Waals surface area contributed by atoms with E-state index in [9.17, 15) is 61.5 Å². The molecule has 1 aromatic carbocycles. The highest BCUT2D eigenvalue weighted by atomic mass is 19.4. The molecule has 0 aromatic heterocycles. The lowest BCUT2D eigenvalue weighted by Gasteiger charge is -2.40. The molecule has 2 N–H and O–H groups in total. The molecule has 1 aromatic rings. The Bertz CT molecular complexity index is 705. The fraction of sp³-hybridized carbons (Fsp3) is 0.500. The first kappa shape index (κ1) is 23.1. The zero-order valence-electron chi connectivity index (χ0n) is 12.1. The van der Waals surface area contributed by atoms with Crippen molar-refractivity contribution in [3.05, 3.63) is 29.6 Å². The third-order valence-corrected chi connectivity index (χ3v) is 3.29. The Morgan fingerprint density at radius 3 is 1.41 bits per heavy atom. The smallest absolute Gasteiger partial charge is 0.398 e. The number of hydrogen-bond acceptors (Lipinski definition) is 1. The Morgan fingerprint density at radius 1 is 0.593 bits per heavy atom. The van der Waals surface area contributed by atoms with E-state index in [2.05, 4.69) is 0 Å². The minimum absolute atomic E-state index is 0.120. The summed E-state index contributed by atoms with van der Waals surface area (Å²) in [7, 11) is 0. The molecule has 0 saturated heterocycles. The molecule has 0 fully saturated rings. The van der Waals surface area contributed by atoms with Gasteiger partial charge in [-0.3, -0.25) is 0 Å². The van der Waals surface area contributed by atoms with Crippen molar-refractivity contribution in [2.45, 2.75) is 35.8 Å². The van der Waals surface area contributed by atoms with Crippen LogP contribution in [0.2, 0.25) is 0 Å². The summed E-state index contributed by atoms with van der Waals surface area (Å²) in [4.78, 5) is 0. The van der Waals surface area contributed by atoms with Crippen LogP contribution in [0.25, 0.3) is 0 Å². The van der Waals surface area contributed by atoms with E-state index in [1.165, 1.54) is 0 Å². The fourth-order valence-electron chi connectivity index (χ4n) is 1.74. The van der Waals surface area contributed by atoms with Gasteiger partial charge in [0, 0.05) is 5.69 Å². The molecule has 0 atom stereocenters. The largest absolute Gasteiger partial charge is 0.460 e. The standard InChI is InChI=1S/C12H5F14N/c13-4-1-2-6(27)5(3-4)7(14,15)8(16,17)9(18,19)10(20,21)11(22,23)12(24,25)26/h1-3H,27H2. The highest BCUT2D eigenvalue weighted by Crippen LogP contribution is 2.62. The minimum Gasteiger partial charge on any atom is -0.398 e. The van der Waals surface area contributed by atoms with E-state index < -0.39 is 58.9 Å². The van der Waals surface area contributed by atoms with Crippen LogP contribution < -0.4 is 5.73 Å². The van der Waals surface area contributed by atoms with Crippen molar-refractivity contribution >= 4 is 5.69 Å². The molecule has 0 amide bonds. The van der Waals surface area contributed by atoms with Gasteiger partial charge in [-0.15, -0.1) is 0 Å². The number of alkyl halides is 13. The maximum Gasteiger partial charge on any atom is 0.460 e. The second-order valence-corrected chi connectivity index (χ2v) is 5.10. The number of halogens is 14. The van der Waals surface area contributed by atoms with Crippen LogP contribution in [0.4, 0.5) is 67.2 Å². The number of nitrogens with two attached hydrogens (primary N) is 1. The molecule has 0 bridgehead atoms. The fourth-order valence-corrected chi connectivity index (χ4v) is 1.74. The number of hydrogen-bond donors (Lipinski definition) is 1. The van der Waals surface area contributed by atoms with Gasteiger partial charge in [0.2, 0.25) is 0 Å². The van der Waals surface area contributed by atoms with Gasteiger partial charge < -0.3 is 5.73 Å². The van der Waals surface area contributed by atoms with Gasteiger partial charge in [-0.25, -0.2) is 4.39 Å². The van der Waals surface area contributed by atoms with Gasteiger partial charge in [0.15, 0.2) is 0 Å². The molecule has 0 unspecified atom stereocenters. The zero-order valence-corrected chi connectivity index (χ0v) is 12.1. The van der Waals surface area contributed by atoms with Gasteiger partial charge in [0.1, 0.15) is 5.82 Å². The molecular weight excluding hydrogens is 424 g/mol. The molecule has 156 valence electrons. The summed E-state index contributed by atoms with van der Waals surface area (Å²) in [6, 6.07) is -0.216. The normalized spacial score (nSPS) is 15.2. The first-order chi connectivity index (χ1) is 11.7. The lowest BCUT2D eigenvalue weighted by atomic mass is 9.90. The van der Waals surface area contributed by atoms with Crippen molar-refractivity contribution in [1.82, 2.24) is 0 Å². The van der Waals surface area contributed by atoms with Crippen LogP contribution >= 0.6 is 0 Å². The number of anilines is 1. The van der Waals surface area contributed by atoms with Crippen molar-refractivity contribution < 1.29 is 61.5 Å². The SMILES string of the molecule is Nc1ccc(F)cc1C(F)(F)C(F)(F)C(F)(F)C(F)(F)C(F)(F)C(F)(F)F. The number of nitrogen functional groups attached to an aromatic ring is 1. The maximum atomic E-state index is 13.7. The Labute approximate surface area is 139 Å². The summed E-state index contributed by atoms with van der Waals surface area (Å²) < 4.78 is 181. The zero-order chi connectivity index (χ0) is 21.9. The summed E-state index contributed by atoms with van der Waals surface area (Å²) in [6.07, 6.45) is -7.50. The monoisotopic (exact) mass is 429 g/mol. The highest BCUT2D eigenvalue weighted by Gasteiger charge is 2.91. The Hall–Kier alpha value is -1.96. The molecule has 0 spiro atoms. The van der Waals surface area contributed by atoms with Crippen LogP contribution in [-0.4, -0.2) is 29.9 Å². The lowest BCUT2D eigenvalue weighted by Crippen LogP contribution is -2.69. The molecule has 27 heavy (non-hydrogen) atoms. The van der Waals surface area contributed by atoms with Gasteiger partial charge >= 0.3 is 35.8 Å². The second kappa shape index (κ2) is 6.02. The minimum atomic E-state index is -8.02. The first-order valence-corrected chi connectivity index (χ1v) is 6.17. The molecule has 0 saturated carbocycles. The van der Waals surface area contributed by atoms with E-state index in [0.29, 0.717) is 0 Å². The van der Waals surface area contributed by atoms with Gasteiger partial charge in [0.25, 0.3) is 0 Å². The number of rotatable bonds is 5. The van der Waals surface area contributed by atoms with E-state index >= 15 is 0 Å². The summed E-state index contributed by atoms with van der Waals surface area (Å²) in [6.45, 7) is 0. The van der Waals surface area contributed by atoms with E-state index in [1.807, 2.05) is 0 Å². The molecular formula is C12H5F14N. The van der Waals surface area contributed by atoms with Gasteiger partial charge in [-0.05, 0) is 18.2 Å². The van der Waals surface area contributed by atoms with Crippen LogP contribution in [-0.2, 0) is 5.92 Å². The maximum absolute atomic E-state index is 13.7. The average Bonchev–Trinajstić information content (AvgIpc) is 2.47. The van der Waals surface area contributed by atoms with E-state index in [4.69, 9.17) is 5.73 Å². The van der Waals surface area contributed by atoms with E-state index in [-0.39, 0.29) is 12.1 Å². The van der Waals surface area contributed by atoms with Gasteiger partial charge in [-0.1, -0.05) is 0 Å². The van der Waals surface area contributed by atoms with Gasteiger partial charge in [0.05, 0.1) is 5.56 Å². The predicted molar refractivity (Wildman–Crippen MR) is 60.5 cm³/mol. The van der Waals surface area contributed by atoms with Crippen LogP contribution in [0.5, 0.6) is 0 Å². The summed E-state index contributed by atoms with van der Waals surface area (Å²) in [5, 5.41) is 0. The summed E-state index contributed by atoms with van der Waals surface area (Å²) in [5.74, 6) is -39.7. The van der Waals surface area contributed by atoms with Crippen molar-refractivity contribution in [2.75, 3.05) is 5.73 Å². The van der Waals surface area contributed by atoms with Crippen LogP contribution in [0.15, 0.2) is 18.2 Å².